The maximum atomic E-state index is 4.99. The van der Waals surface area contributed by atoms with E-state index in [-0.39, 0.29) is 0 Å². The largest absolute Gasteiger partial charge is 0.354 e. The zero-order chi connectivity index (χ0) is 17.9. The first-order chi connectivity index (χ1) is 12.7. The molecule has 1 saturated heterocycles. The Morgan fingerprint density at radius 2 is 1.65 bits per heavy atom. The molecule has 0 spiro atoms. The second-order valence-electron chi connectivity index (χ2n) is 7.11. The average Bonchev–Trinajstić information content (AvgIpc) is 2.68. The van der Waals surface area contributed by atoms with Crippen LogP contribution in [0.3, 0.4) is 0 Å². The Morgan fingerprint density at radius 1 is 0.923 bits per heavy atom. The van der Waals surface area contributed by atoms with E-state index in [9.17, 15) is 0 Å². The molecule has 1 aliphatic rings. The van der Waals surface area contributed by atoms with Crippen molar-refractivity contribution >= 4 is 28.6 Å². The van der Waals surface area contributed by atoms with Crippen LogP contribution in [0.5, 0.6) is 0 Å². The molecule has 1 fully saturated rings. The molecule has 0 atom stereocenters. The average molecular weight is 364 g/mol. The molecular weight excluding hydrogens is 338 g/mol. The number of rotatable bonds is 4. The van der Waals surface area contributed by atoms with Crippen molar-refractivity contribution < 1.29 is 0 Å². The lowest BCUT2D eigenvalue weighted by Gasteiger charge is -2.29. The van der Waals surface area contributed by atoms with Crippen LogP contribution in [-0.4, -0.2) is 23.1 Å². The van der Waals surface area contributed by atoms with Crippen LogP contribution in [0, 0.1) is 13.8 Å². The summed E-state index contributed by atoms with van der Waals surface area (Å²) < 4.78 is 0. The fourth-order valence-electron chi connectivity index (χ4n) is 3.48. The van der Waals surface area contributed by atoms with Crippen molar-refractivity contribution in [3.8, 4) is 0 Å². The topological polar surface area (TPSA) is 29.0 Å². The van der Waals surface area contributed by atoms with Crippen LogP contribution in [0.1, 0.15) is 36.0 Å². The molecule has 26 heavy (non-hydrogen) atoms. The fraction of sp³-hybridized carbons (Fsp3) is 0.364. The van der Waals surface area contributed by atoms with Crippen molar-refractivity contribution in [2.24, 2.45) is 0 Å². The van der Waals surface area contributed by atoms with Gasteiger partial charge >= 0.3 is 0 Å². The highest BCUT2D eigenvalue weighted by Crippen LogP contribution is 2.33. The highest BCUT2D eigenvalue weighted by molar-refractivity contribution is 7.98. The Labute approximate surface area is 159 Å². The summed E-state index contributed by atoms with van der Waals surface area (Å²) in [6.07, 6.45) is 3.81. The Morgan fingerprint density at radius 3 is 2.42 bits per heavy atom. The van der Waals surface area contributed by atoms with Crippen LogP contribution in [0.25, 0.3) is 11.0 Å². The minimum Gasteiger partial charge on any atom is -0.354 e. The van der Waals surface area contributed by atoms with Crippen LogP contribution in [0.15, 0.2) is 47.5 Å². The summed E-state index contributed by atoms with van der Waals surface area (Å²) >= 11 is 1.82. The third kappa shape index (κ3) is 3.70. The van der Waals surface area contributed by atoms with Gasteiger partial charge in [-0.05, 0) is 56.4 Å². The van der Waals surface area contributed by atoms with Gasteiger partial charge < -0.3 is 4.90 Å². The van der Waals surface area contributed by atoms with E-state index >= 15 is 0 Å². The zero-order valence-electron chi connectivity index (χ0n) is 15.5. The number of hydrogen-bond acceptors (Lipinski definition) is 4. The molecule has 1 aliphatic heterocycles. The van der Waals surface area contributed by atoms with Crippen LogP contribution < -0.4 is 4.90 Å². The van der Waals surface area contributed by atoms with E-state index in [2.05, 4.69) is 49.1 Å². The molecule has 0 amide bonds. The summed E-state index contributed by atoms with van der Waals surface area (Å²) in [5.41, 5.74) is 6.01. The summed E-state index contributed by atoms with van der Waals surface area (Å²) in [5, 5.41) is 1.06. The standard InChI is InChI=1S/C22H25N3S/c1-16-10-11-17(2)18(14-16)15-26-22-21(25-12-6-3-7-13-25)23-19-8-4-5-9-20(19)24-22/h4-5,8-11,14H,3,6-7,12-13,15H2,1-2H3. The highest BCUT2D eigenvalue weighted by Gasteiger charge is 2.19. The molecule has 0 aliphatic carbocycles. The van der Waals surface area contributed by atoms with Gasteiger partial charge in [0.05, 0.1) is 11.0 Å². The lowest BCUT2D eigenvalue weighted by molar-refractivity contribution is 0.569. The Hall–Kier alpha value is -2.07. The van der Waals surface area contributed by atoms with Gasteiger partial charge in [0.15, 0.2) is 5.82 Å². The minimum absolute atomic E-state index is 0.932. The molecule has 0 bridgehead atoms. The molecular formula is C22H25N3S. The van der Waals surface area contributed by atoms with Crippen molar-refractivity contribution in [1.82, 2.24) is 9.97 Å². The monoisotopic (exact) mass is 363 g/mol. The van der Waals surface area contributed by atoms with Gasteiger partial charge in [-0.2, -0.15) is 0 Å². The number of anilines is 1. The van der Waals surface area contributed by atoms with Crippen molar-refractivity contribution in [3.63, 3.8) is 0 Å². The second-order valence-corrected chi connectivity index (χ2v) is 8.07. The molecule has 0 radical (unpaired) electrons. The van der Waals surface area contributed by atoms with E-state index in [1.165, 1.54) is 36.0 Å². The molecule has 3 nitrogen and oxygen atoms in total. The van der Waals surface area contributed by atoms with E-state index in [0.717, 1.165) is 40.7 Å². The SMILES string of the molecule is Cc1ccc(C)c(CSc2nc3ccccc3nc2N2CCCCC2)c1. The first-order valence-electron chi connectivity index (χ1n) is 9.41. The van der Waals surface area contributed by atoms with Gasteiger partial charge in [0, 0.05) is 18.8 Å². The molecule has 0 unspecified atom stereocenters. The van der Waals surface area contributed by atoms with Gasteiger partial charge in [-0.15, -0.1) is 0 Å². The molecule has 3 aromatic rings. The maximum absolute atomic E-state index is 4.99. The molecule has 4 heteroatoms. The number of benzene rings is 2. The summed E-state index contributed by atoms with van der Waals surface area (Å²) in [5.74, 6) is 2.00. The Balaban J connectivity index is 1.68. The molecule has 4 rings (SSSR count). The van der Waals surface area contributed by atoms with E-state index in [0.29, 0.717) is 0 Å². The van der Waals surface area contributed by atoms with E-state index < -0.39 is 0 Å². The Kier molecular flexibility index (Phi) is 5.11. The molecule has 2 aromatic carbocycles. The first-order valence-corrected chi connectivity index (χ1v) is 10.4. The molecule has 1 aromatic heterocycles. The summed E-state index contributed by atoms with van der Waals surface area (Å²) in [6, 6.07) is 14.9. The zero-order valence-corrected chi connectivity index (χ0v) is 16.4. The van der Waals surface area contributed by atoms with Gasteiger partial charge in [-0.25, -0.2) is 9.97 Å². The first kappa shape index (κ1) is 17.3. The van der Waals surface area contributed by atoms with Crippen LogP contribution in [-0.2, 0) is 5.75 Å². The number of thioether (sulfide) groups is 1. The molecule has 134 valence electrons. The number of hydrogen-bond donors (Lipinski definition) is 0. The van der Waals surface area contributed by atoms with Crippen molar-refractivity contribution in [1.29, 1.82) is 0 Å². The number of aromatic nitrogens is 2. The lowest BCUT2D eigenvalue weighted by atomic mass is 10.1. The van der Waals surface area contributed by atoms with E-state index in [1.54, 1.807) is 0 Å². The maximum Gasteiger partial charge on any atom is 0.161 e. The molecule has 0 saturated carbocycles. The number of piperidine rings is 1. The van der Waals surface area contributed by atoms with Gasteiger partial charge in [0.2, 0.25) is 0 Å². The van der Waals surface area contributed by atoms with Crippen molar-refractivity contribution in [3.05, 3.63) is 59.2 Å². The lowest BCUT2D eigenvalue weighted by Crippen LogP contribution is -2.30. The quantitative estimate of drug-likeness (QED) is 0.570. The molecule has 2 heterocycles. The second kappa shape index (κ2) is 7.67. The fourth-order valence-corrected chi connectivity index (χ4v) is 4.55. The normalized spacial score (nSPS) is 14.8. The summed E-state index contributed by atoms with van der Waals surface area (Å²) in [6.45, 7) is 6.52. The third-order valence-electron chi connectivity index (χ3n) is 5.05. The summed E-state index contributed by atoms with van der Waals surface area (Å²) in [7, 11) is 0. The van der Waals surface area contributed by atoms with Crippen LogP contribution >= 0.6 is 11.8 Å². The number of fused-ring (bicyclic) bond motifs is 1. The predicted molar refractivity (Wildman–Crippen MR) is 111 cm³/mol. The third-order valence-corrected chi connectivity index (χ3v) is 6.05. The smallest absolute Gasteiger partial charge is 0.161 e. The Bertz CT molecular complexity index is 916. The van der Waals surface area contributed by atoms with E-state index in [1.807, 2.05) is 23.9 Å². The predicted octanol–water partition coefficient (Wildman–Crippen LogP) is 5.53. The van der Waals surface area contributed by atoms with Gasteiger partial charge in [0.1, 0.15) is 5.03 Å². The van der Waals surface area contributed by atoms with Gasteiger partial charge in [-0.1, -0.05) is 47.7 Å². The van der Waals surface area contributed by atoms with Gasteiger partial charge in [-0.3, -0.25) is 0 Å². The summed E-state index contributed by atoms with van der Waals surface area (Å²) in [4.78, 5) is 12.4. The van der Waals surface area contributed by atoms with E-state index in [4.69, 9.17) is 9.97 Å². The van der Waals surface area contributed by atoms with Crippen LogP contribution in [0.4, 0.5) is 5.82 Å². The minimum atomic E-state index is 0.932. The molecule has 0 N–H and O–H groups in total. The highest BCUT2D eigenvalue weighted by atomic mass is 32.2. The van der Waals surface area contributed by atoms with Crippen LogP contribution in [0.2, 0.25) is 0 Å². The van der Waals surface area contributed by atoms with Crippen molar-refractivity contribution in [2.75, 3.05) is 18.0 Å². The van der Waals surface area contributed by atoms with Crippen molar-refractivity contribution in [2.45, 2.75) is 43.9 Å². The number of nitrogens with zero attached hydrogens (tertiary/aromatic N) is 3. The number of aryl methyl sites for hydroxylation is 2. The van der Waals surface area contributed by atoms with Gasteiger partial charge in [0.25, 0.3) is 0 Å². The number of para-hydroxylation sites is 2.